The summed E-state index contributed by atoms with van der Waals surface area (Å²) in [4.78, 5) is 19.6. The predicted molar refractivity (Wildman–Crippen MR) is 70.6 cm³/mol. The molecule has 6 heteroatoms. The van der Waals surface area contributed by atoms with Crippen LogP contribution in [0.15, 0.2) is 30.5 Å². The van der Waals surface area contributed by atoms with Crippen LogP contribution in [0.4, 0.5) is 11.5 Å². The molecule has 0 aliphatic carbocycles. The summed E-state index contributed by atoms with van der Waals surface area (Å²) in [6.07, 6.45) is 1.47. The highest BCUT2D eigenvalue weighted by atomic mass is 35.5. The summed E-state index contributed by atoms with van der Waals surface area (Å²) in [5.74, 6) is 0.0558. The third-order valence-electron chi connectivity index (χ3n) is 2.23. The van der Waals surface area contributed by atoms with E-state index < -0.39 is 0 Å². The number of nitrogens with zero attached hydrogens (tertiary/aromatic N) is 2. The molecular formula is C12H11ClN4O. The van der Waals surface area contributed by atoms with Crippen LogP contribution in [-0.2, 0) is 0 Å². The van der Waals surface area contributed by atoms with Crippen LogP contribution in [0.3, 0.4) is 0 Å². The fourth-order valence-electron chi connectivity index (χ4n) is 1.54. The lowest BCUT2D eigenvalue weighted by atomic mass is 10.1. The van der Waals surface area contributed by atoms with Crippen LogP contribution in [0.2, 0.25) is 5.28 Å². The largest absolute Gasteiger partial charge is 0.399 e. The van der Waals surface area contributed by atoms with Gasteiger partial charge in [0, 0.05) is 17.4 Å². The van der Waals surface area contributed by atoms with Crippen LogP contribution in [-0.4, -0.2) is 15.9 Å². The number of hydrogen-bond donors (Lipinski definition) is 2. The zero-order valence-electron chi connectivity index (χ0n) is 9.64. The summed E-state index contributed by atoms with van der Waals surface area (Å²) >= 11 is 5.63. The second-order valence-electron chi connectivity index (χ2n) is 3.80. The van der Waals surface area contributed by atoms with Crippen molar-refractivity contribution in [3.63, 3.8) is 0 Å². The zero-order valence-corrected chi connectivity index (χ0v) is 10.4. The number of nitrogens with one attached hydrogen (secondary N) is 1. The number of carbonyl (C=O) groups is 1. The van der Waals surface area contributed by atoms with Crippen LogP contribution in [0.25, 0.3) is 0 Å². The van der Waals surface area contributed by atoms with Crippen molar-refractivity contribution in [1.29, 1.82) is 0 Å². The Morgan fingerprint density at radius 1 is 1.39 bits per heavy atom. The number of nitrogens with two attached hydrogens (primary N) is 1. The number of carbonyl (C=O) groups excluding carboxylic acids is 1. The second-order valence-corrected chi connectivity index (χ2v) is 4.14. The molecule has 0 bridgehead atoms. The topological polar surface area (TPSA) is 80.9 Å². The van der Waals surface area contributed by atoms with Crippen LogP contribution >= 0.6 is 11.6 Å². The fraction of sp³-hybridized carbons (Fsp3) is 0.0833. The van der Waals surface area contributed by atoms with Crippen LogP contribution in [0.1, 0.15) is 15.9 Å². The molecule has 1 aromatic carbocycles. The Morgan fingerprint density at radius 2 is 2.17 bits per heavy atom. The Labute approximate surface area is 109 Å². The van der Waals surface area contributed by atoms with Gasteiger partial charge in [0.2, 0.25) is 5.28 Å². The number of benzene rings is 1. The first-order valence-corrected chi connectivity index (χ1v) is 5.59. The Bertz CT molecular complexity index is 580. The van der Waals surface area contributed by atoms with Gasteiger partial charge >= 0.3 is 0 Å². The van der Waals surface area contributed by atoms with Crippen LogP contribution < -0.4 is 11.1 Å². The summed E-state index contributed by atoms with van der Waals surface area (Å²) in [5, 5.41) is 2.70. The molecule has 1 aromatic heterocycles. The van der Waals surface area contributed by atoms with Gasteiger partial charge in [-0.15, -0.1) is 0 Å². The first-order valence-electron chi connectivity index (χ1n) is 5.21. The van der Waals surface area contributed by atoms with E-state index in [9.17, 15) is 4.79 Å². The van der Waals surface area contributed by atoms with E-state index in [1.807, 2.05) is 6.92 Å². The molecule has 0 saturated heterocycles. The van der Waals surface area contributed by atoms with Gasteiger partial charge in [-0.1, -0.05) is 0 Å². The van der Waals surface area contributed by atoms with Crippen molar-refractivity contribution in [1.82, 2.24) is 9.97 Å². The van der Waals surface area contributed by atoms with Crippen molar-refractivity contribution < 1.29 is 4.79 Å². The molecule has 18 heavy (non-hydrogen) atoms. The molecule has 0 aliphatic rings. The third kappa shape index (κ3) is 2.95. The quantitative estimate of drug-likeness (QED) is 0.643. The Hall–Kier alpha value is -2.14. The number of amides is 1. The fourth-order valence-corrected chi connectivity index (χ4v) is 1.68. The summed E-state index contributed by atoms with van der Waals surface area (Å²) < 4.78 is 0. The Balaban J connectivity index is 2.22. The van der Waals surface area contributed by atoms with Crippen LogP contribution in [0, 0.1) is 6.92 Å². The summed E-state index contributed by atoms with van der Waals surface area (Å²) in [5.41, 5.74) is 7.62. The van der Waals surface area contributed by atoms with E-state index in [-0.39, 0.29) is 11.2 Å². The number of aromatic nitrogens is 2. The maximum absolute atomic E-state index is 12.0. The van der Waals surface area contributed by atoms with E-state index >= 15 is 0 Å². The van der Waals surface area contributed by atoms with Crippen molar-refractivity contribution in [3.8, 4) is 0 Å². The zero-order chi connectivity index (χ0) is 13.1. The minimum atomic E-state index is -0.292. The molecule has 1 amide bonds. The molecule has 0 fully saturated rings. The van der Waals surface area contributed by atoms with Crippen molar-refractivity contribution >= 4 is 29.0 Å². The van der Waals surface area contributed by atoms with Crippen molar-refractivity contribution in [2.75, 3.05) is 11.1 Å². The minimum absolute atomic E-state index is 0.0801. The van der Waals surface area contributed by atoms with Gasteiger partial charge in [0.25, 0.3) is 5.91 Å². The van der Waals surface area contributed by atoms with E-state index in [1.165, 1.54) is 6.20 Å². The summed E-state index contributed by atoms with van der Waals surface area (Å²) in [6, 6.07) is 6.70. The maximum atomic E-state index is 12.0. The molecule has 0 aliphatic heterocycles. The number of nitrogen functional groups attached to an aromatic ring is 1. The first-order chi connectivity index (χ1) is 8.54. The average Bonchev–Trinajstić information content (AvgIpc) is 2.27. The minimum Gasteiger partial charge on any atom is -0.399 e. The predicted octanol–water partition coefficient (Wildman–Crippen LogP) is 2.27. The molecule has 2 aromatic rings. The highest BCUT2D eigenvalue weighted by molar-refractivity contribution is 6.28. The van der Waals surface area contributed by atoms with E-state index in [0.29, 0.717) is 17.1 Å². The molecule has 0 atom stereocenters. The normalized spacial score (nSPS) is 10.1. The number of aryl methyl sites for hydroxylation is 1. The lowest BCUT2D eigenvalue weighted by Crippen LogP contribution is -2.13. The standard InChI is InChI=1S/C12H11ClN4O/c1-7-4-8(6-9(14)5-7)11(18)16-10-2-3-15-12(13)17-10/h2-6H,14H2,1H3,(H,15,16,17,18). The molecule has 2 rings (SSSR count). The highest BCUT2D eigenvalue weighted by Gasteiger charge is 2.08. The van der Waals surface area contributed by atoms with Gasteiger partial charge in [-0.25, -0.2) is 9.97 Å². The van der Waals surface area contributed by atoms with Gasteiger partial charge in [0.05, 0.1) is 0 Å². The van der Waals surface area contributed by atoms with Gasteiger partial charge in [0.15, 0.2) is 0 Å². The van der Waals surface area contributed by atoms with E-state index in [0.717, 1.165) is 5.56 Å². The summed E-state index contributed by atoms with van der Waals surface area (Å²) in [6.45, 7) is 1.87. The van der Waals surface area contributed by atoms with E-state index in [4.69, 9.17) is 17.3 Å². The smallest absolute Gasteiger partial charge is 0.256 e. The molecule has 1 heterocycles. The van der Waals surface area contributed by atoms with E-state index in [1.54, 1.807) is 24.3 Å². The monoisotopic (exact) mass is 262 g/mol. The third-order valence-corrected chi connectivity index (χ3v) is 2.41. The number of halogens is 1. The van der Waals surface area contributed by atoms with Gasteiger partial charge in [-0.3, -0.25) is 4.79 Å². The number of rotatable bonds is 2. The van der Waals surface area contributed by atoms with Crippen molar-refractivity contribution in [3.05, 3.63) is 46.9 Å². The molecule has 0 saturated carbocycles. The maximum Gasteiger partial charge on any atom is 0.256 e. The highest BCUT2D eigenvalue weighted by Crippen LogP contribution is 2.13. The SMILES string of the molecule is Cc1cc(N)cc(C(=O)Nc2ccnc(Cl)n2)c1. The second kappa shape index (κ2) is 5.01. The molecule has 0 radical (unpaired) electrons. The van der Waals surface area contributed by atoms with Crippen molar-refractivity contribution in [2.45, 2.75) is 6.92 Å². The van der Waals surface area contributed by atoms with Gasteiger partial charge in [-0.2, -0.15) is 0 Å². The van der Waals surface area contributed by atoms with E-state index in [2.05, 4.69) is 15.3 Å². The van der Waals surface area contributed by atoms with Crippen LogP contribution in [0.5, 0.6) is 0 Å². The molecule has 5 nitrogen and oxygen atoms in total. The lowest BCUT2D eigenvalue weighted by Gasteiger charge is -2.06. The Kier molecular flexibility index (Phi) is 3.43. The number of anilines is 2. The average molecular weight is 263 g/mol. The Morgan fingerprint density at radius 3 is 2.83 bits per heavy atom. The molecule has 0 spiro atoms. The van der Waals surface area contributed by atoms with Gasteiger partial charge in [-0.05, 0) is 48.4 Å². The first kappa shape index (κ1) is 12.3. The molecular weight excluding hydrogens is 252 g/mol. The molecule has 3 N–H and O–H groups in total. The molecule has 92 valence electrons. The number of hydrogen-bond acceptors (Lipinski definition) is 4. The van der Waals surface area contributed by atoms with Crippen molar-refractivity contribution in [2.24, 2.45) is 0 Å². The lowest BCUT2D eigenvalue weighted by molar-refractivity contribution is 0.102. The molecule has 0 unspecified atom stereocenters. The summed E-state index contributed by atoms with van der Waals surface area (Å²) in [7, 11) is 0. The van der Waals surface area contributed by atoms with Gasteiger partial charge in [0.1, 0.15) is 5.82 Å². The van der Waals surface area contributed by atoms with Gasteiger partial charge < -0.3 is 11.1 Å².